The van der Waals surface area contributed by atoms with Gasteiger partial charge in [0, 0.05) is 19.3 Å². The smallest absolute Gasteiger partial charge is 0.306 e. The molecule has 0 bridgehead atoms. The standard InChI is InChI=1S/C59H108O6/c1-4-7-10-13-16-19-22-25-27-28-29-30-32-34-37-40-43-46-49-52-58(61)64-55-56(54-63-57(60)51-48-45-42-39-36-33-24-21-18-15-12-9-6-3)65-59(62)53-50-47-44-41-38-35-31-26-23-20-17-14-11-8-5-2/h17,20,26,31,38,41,56H,4-16,18-19,21-25,27-30,32-37,39-40,42-55H2,1-3H3/b20-17-,31-26-,41-38-/t56-/m0/s1. The maximum absolute atomic E-state index is 12.8. The van der Waals surface area contributed by atoms with Crippen LogP contribution in [0.2, 0.25) is 0 Å². The van der Waals surface area contributed by atoms with Gasteiger partial charge in [-0.15, -0.1) is 0 Å². The van der Waals surface area contributed by atoms with Crippen LogP contribution in [-0.4, -0.2) is 37.2 Å². The zero-order chi connectivity index (χ0) is 47.2. The van der Waals surface area contributed by atoms with Gasteiger partial charge < -0.3 is 14.2 Å². The lowest BCUT2D eigenvalue weighted by Gasteiger charge is -2.18. The quantitative estimate of drug-likeness (QED) is 0.0262. The summed E-state index contributed by atoms with van der Waals surface area (Å²) >= 11 is 0. The van der Waals surface area contributed by atoms with Crippen LogP contribution in [0.4, 0.5) is 0 Å². The van der Waals surface area contributed by atoms with Gasteiger partial charge in [0.25, 0.3) is 0 Å². The molecule has 0 saturated heterocycles. The number of hydrogen-bond acceptors (Lipinski definition) is 6. The van der Waals surface area contributed by atoms with Crippen LogP contribution in [0.15, 0.2) is 36.5 Å². The van der Waals surface area contributed by atoms with Crippen molar-refractivity contribution in [2.45, 2.75) is 309 Å². The number of carbonyl (C=O) groups excluding carboxylic acids is 3. The van der Waals surface area contributed by atoms with Crippen molar-refractivity contribution in [1.29, 1.82) is 0 Å². The van der Waals surface area contributed by atoms with Gasteiger partial charge in [0.15, 0.2) is 6.10 Å². The average molecular weight is 914 g/mol. The van der Waals surface area contributed by atoms with Crippen molar-refractivity contribution in [3.05, 3.63) is 36.5 Å². The summed E-state index contributed by atoms with van der Waals surface area (Å²) < 4.78 is 16.8. The molecule has 1 atom stereocenters. The molecule has 0 aliphatic carbocycles. The highest BCUT2D eigenvalue weighted by atomic mass is 16.6. The molecule has 0 aromatic rings. The first-order valence-electron chi connectivity index (χ1n) is 28.5. The molecule has 0 spiro atoms. The summed E-state index contributed by atoms with van der Waals surface area (Å²) in [7, 11) is 0. The second-order valence-corrected chi connectivity index (χ2v) is 19.2. The van der Waals surface area contributed by atoms with E-state index >= 15 is 0 Å². The Morgan fingerprint density at radius 1 is 0.308 bits per heavy atom. The molecular formula is C59H108O6. The molecule has 0 aliphatic heterocycles. The Labute approximate surface area is 404 Å². The molecule has 65 heavy (non-hydrogen) atoms. The number of unbranched alkanes of at least 4 members (excludes halogenated alkanes) is 35. The highest BCUT2D eigenvalue weighted by Crippen LogP contribution is 2.17. The van der Waals surface area contributed by atoms with Crippen LogP contribution >= 0.6 is 0 Å². The van der Waals surface area contributed by atoms with Crippen molar-refractivity contribution in [3.8, 4) is 0 Å². The Bertz CT molecular complexity index is 1090. The third kappa shape index (κ3) is 52.5. The second kappa shape index (κ2) is 54.2. The van der Waals surface area contributed by atoms with Crippen LogP contribution in [0.25, 0.3) is 0 Å². The van der Waals surface area contributed by atoms with Gasteiger partial charge in [-0.05, 0) is 57.8 Å². The van der Waals surface area contributed by atoms with Crippen molar-refractivity contribution in [2.75, 3.05) is 13.2 Å². The Kier molecular flexibility index (Phi) is 52.3. The topological polar surface area (TPSA) is 78.9 Å². The van der Waals surface area contributed by atoms with Crippen LogP contribution < -0.4 is 0 Å². The first-order valence-corrected chi connectivity index (χ1v) is 28.5. The molecule has 6 nitrogen and oxygen atoms in total. The molecule has 0 unspecified atom stereocenters. The fourth-order valence-corrected chi connectivity index (χ4v) is 8.33. The van der Waals surface area contributed by atoms with Crippen LogP contribution in [0.5, 0.6) is 0 Å². The van der Waals surface area contributed by atoms with E-state index in [1.807, 2.05) is 0 Å². The minimum Gasteiger partial charge on any atom is -0.462 e. The van der Waals surface area contributed by atoms with E-state index in [1.54, 1.807) is 0 Å². The monoisotopic (exact) mass is 913 g/mol. The third-order valence-electron chi connectivity index (χ3n) is 12.6. The molecular weight excluding hydrogens is 805 g/mol. The Morgan fingerprint density at radius 2 is 0.554 bits per heavy atom. The lowest BCUT2D eigenvalue weighted by atomic mass is 10.0. The highest BCUT2D eigenvalue weighted by molar-refractivity contribution is 5.71. The zero-order valence-electron chi connectivity index (χ0n) is 43.5. The van der Waals surface area contributed by atoms with Crippen molar-refractivity contribution in [1.82, 2.24) is 0 Å². The number of rotatable bonds is 52. The van der Waals surface area contributed by atoms with Crippen LogP contribution in [0, 0.1) is 0 Å². The maximum atomic E-state index is 12.8. The van der Waals surface area contributed by atoms with Crippen molar-refractivity contribution in [3.63, 3.8) is 0 Å². The van der Waals surface area contributed by atoms with Gasteiger partial charge in [-0.2, -0.15) is 0 Å². The molecule has 0 rings (SSSR count). The minimum absolute atomic E-state index is 0.0827. The summed E-state index contributed by atoms with van der Waals surface area (Å²) in [5, 5.41) is 0. The maximum Gasteiger partial charge on any atom is 0.306 e. The van der Waals surface area contributed by atoms with Gasteiger partial charge in [0.05, 0.1) is 0 Å². The van der Waals surface area contributed by atoms with Gasteiger partial charge >= 0.3 is 17.9 Å². The van der Waals surface area contributed by atoms with E-state index in [0.717, 1.165) is 64.2 Å². The summed E-state index contributed by atoms with van der Waals surface area (Å²) in [5.41, 5.74) is 0. The molecule has 0 aromatic carbocycles. The second-order valence-electron chi connectivity index (χ2n) is 19.2. The summed E-state index contributed by atoms with van der Waals surface area (Å²) in [6.45, 7) is 6.62. The lowest BCUT2D eigenvalue weighted by Crippen LogP contribution is -2.30. The summed E-state index contributed by atoms with van der Waals surface area (Å²) in [4.78, 5) is 38.1. The summed E-state index contributed by atoms with van der Waals surface area (Å²) in [6, 6.07) is 0. The highest BCUT2D eigenvalue weighted by Gasteiger charge is 2.19. The van der Waals surface area contributed by atoms with Gasteiger partial charge in [-0.1, -0.05) is 263 Å². The fourth-order valence-electron chi connectivity index (χ4n) is 8.33. The predicted octanol–water partition coefficient (Wildman–Crippen LogP) is 18.9. The molecule has 0 heterocycles. The number of carbonyl (C=O) groups is 3. The number of esters is 3. The molecule has 380 valence electrons. The first-order chi connectivity index (χ1) is 32.0. The molecule has 0 saturated carbocycles. The van der Waals surface area contributed by atoms with E-state index in [0.29, 0.717) is 19.3 Å². The largest absolute Gasteiger partial charge is 0.462 e. The lowest BCUT2D eigenvalue weighted by molar-refractivity contribution is -0.167. The van der Waals surface area contributed by atoms with Gasteiger partial charge in [0.1, 0.15) is 13.2 Å². The minimum atomic E-state index is -0.787. The number of allylic oxidation sites excluding steroid dienone is 6. The van der Waals surface area contributed by atoms with Crippen LogP contribution in [0.3, 0.4) is 0 Å². The van der Waals surface area contributed by atoms with E-state index in [9.17, 15) is 14.4 Å². The van der Waals surface area contributed by atoms with Gasteiger partial charge in [-0.25, -0.2) is 0 Å². The number of ether oxygens (including phenoxy) is 3. The van der Waals surface area contributed by atoms with Crippen molar-refractivity contribution >= 4 is 17.9 Å². The molecule has 0 aliphatic rings. The van der Waals surface area contributed by atoms with E-state index in [2.05, 4.69) is 57.2 Å². The first kappa shape index (κ1) is 62.6. The average Bonchev–Trinajstić information content (AvgIpc) is 3.30. The van der Waals surface area contributed by atoms with Crippen LogP contribution in [0.1, 0.15) is 303 Å². The SMILES string of the molecule is CCCCC/C=C\C/C=C\C/C=C\CCCCC(=O)O[C@@H](COC(=O)CCCCCCCCCCCCCCC)COC(=O)CCCCCCCCCCCCCCCCCCCCC. The van der Waals surface area contributed by atoms with E-state index in [4.69, 9.17) is 14.2 Å². The molecule has 0 N–H and O–H groups in total. The molecule has 0 radical (unpaired) electrons. The summed E-state index contributed by atoms with van der Waals surface area (Å²) in [6.07, 6.45) is 64.2. The van der Waals surface area contributed by atoms with Gasteiger partial charge in [-0.3, -0.25) is 14.4 Å². The van der Waals surface area contributed by atoms with E-state index in [1.165, 1.54) is 193 Å². The zero-order valence-corrected chi connectivity index (χ0v) is 43.5. The molecule has 0 amide bonds. The molecule has 0 fully saturated rings. The Hall–Kier alpha value is -2.37. The third-order valence-corrected chi connectivity index (χ3v) is 12.6. The van der Waals surface area contributed by atoms with E-state index < -0.39 is 6.10 Å². The normalized spacial score (nSPS) is 12.2. The Morgan fingerprint density at radius 3 is 0.892 bits per heavy atom. The predicted molar refractivity (Wildman–Crippen MR) is 279 cm³/mol. The molecule has 6 heteroatoms. The molecule has 0 aromatic heterocycles. The van der Waals surface area contributed by atoms with E-state index in [-0.39, 0.29) is 37.5 Å². The summed E-state index contributed by atoms with van der Waals surface area (Å²) in [5.74, 6) is -0.904. The van der Waals surface area contributed by atoms with Crippen molar-refractivity contribution in [2.24, 2.45) is 0 Å². The number of hydrogen-bond donors (Lipinski definition) is 0. The van der Waals surface area contributed by atoms with Crippen LogP contribution in [-0.2, 0) is 28.6 Å². The van der Waals surface area contributed by atoms with Gasteiger partial charge in [0.2, 0.25) is 0 Å². The Balaban J connectivity index is 4.35. The van der Waals surface area contributed by atoms with Crippen molar-refractivity contribution < 1.29 is 28.6 Å². The fraction of sp³-hybridized carbons (Fsp3) is 0.847.